The van der Waals surface area contributed by atoms with E-state index < -0.39 is 11.7 Å². The van der Waals surface area contributed by atoms with Crippen LogP contribution in [0.3, 0.4) is 0 Å². The lowest BCUT2D eigenvalue weighted by molar-refractivity contribution is -0.232. The Kier molecular flexibility index (Phi) is 6.82. The fourth-order valence-corrected chi connectivity index (χ4v) is 12.4. The number of fused-ring (bicyclic) bond motifs is 4. The van der Waals surface area contributed by atoms with Gasteiger partial charge in [0.1, 0.15) is 0 Å². The van der Waals surface area contributed by atoms with Crippen LogP contribution in [0.2, 0.25) is 0 Å². The molecule has 7 nitrogen and oxygen atoms in total. The number of rotatable bonds is 5. The molecule has 7 heteroatoms. The zero-order valence-corrected chi connectivity index (χ0v) is 26.4. The average Bonchev–Trinajstić information content (AvgIpc) is 3.49. The Balaban J connectivity index is 1.08. The molecule has 41 heavy (non-hydrogen) atoms. The highest BCUT2D eigenvalue weighted by atomic mass is 16.7. The summed E-state index contributed by atoms with van der Waals surface area (Å²) in [5.41, 5.74) is 0.360. The van der Waals surface area contributed by atoms with Crippen LogP contribution in [-0.4, -0.2) is 67.1 Å². The van der Waals surface area contributed by atoms with E-state index in [9.17, 15) is 9.90 Å². The van der Waals surface area contributed by atoms with Gasteiger partial charge in [0.15, 0.2) is 12.4 Å². The number of carbonyl (C=O) groups is 1. The van der Waals surface area contributed by atoms with E-state index in [0.717, 1.165) is 57.2 Å². The van der Waals surface area contributed by atoms with Crippen LogP contribution in [-0.2, 0) is 23.7 Å². The summed E-state index contributed by atoms with van der Waals surface area (Å²) in [5.74, 6) is 2.45. The third-order valence-corrected chi connectivity index (χ3v) is 14.1. The Labute approximate surface area is 247 Å². The van der Waals surface area contributed by atoms with E-state index in [1.165, 1.54) is 45.4 Å². The Hall–Kier alpha value is -0.730. The standard InChI is InChI=1S/C34H55NO6/c1-20(36)39-29(31(4,5)37)24-9-7-22-25(40-24)17-23-21-8-10-26-30(2,3)27(41-28-18-35-15-16-38-28)11-12-34(26)19-33(21,34)14-13-32(22,23)6/h21-29,35,37H,7-19H2,1-6H3/t21?,22-,23?,24?,25?,26?,27-,28?,29-,32?,33-,34?/m0/s1. The predicted molar refractivity (Wildman–Crippen MR) is 155 cm³/mol. The van der Waals surface area contributed by atoms with Gasteiger partial charge in [-0.05, 0) is 123 Å². The highest BCUT2D eigenvalue weighted by molar-refractivity contribution is 5.66. The molecule has 0 aromatic heterocycles. The van der Waals surface area contributed by atoms with Gasteiger partial charge in [0.2, 0.25) is 0 Å². The number of nitrogens with one attached hydrogen (secondary N) is 1. The van der Waals surface area contributed by atoms with E-state index in [1.54, 1.807) is 13.8 Å². The quantitative estimate of drug-likeness (QED) is 0.436. The number of morpholine rings is 1. The summed E-state index contributed by atoms with van der Waals surface area (Å²) in [5, 5.41) is 14.3. The van der Waals surface area contributed by atoms with Gasteiger partial charge in [0.25, 0.3) is 0 Å². The second-order valence-electron chi connectivity index (χ2n) is 16.6. The molecule has 12 atom stereocenters. The summed E-state index contributed by atoms with van der Waals surface area (Å²) in [4.78, 5) is 11.9. The number of ether oxygens (including phenoxy) is 4. The summed E-state index contributed by atoms with van der Waals surface area (Å²) in [6, 6.07) is 0. The van der Waals surface area contributed by atoms with Crippen molar-refractivity contribution in [3.8, 4) is 0 Å². The van der Waals surface area contributed by atoms with Gasteiger partial charge in [-0.25, -0.2) is 0 Å². The first-order chi connectivity index (χ1) is 19.3. The minimum atomic E-state index is -1.13. The van der Waals surface area contributed by atoms with E-state index in [4.69, 9.17) is 18.9 Å². The molecule has 0 bridgehead atoms. The fourth-order valence-electron chi connectivity index (χ4n) is 12.4. The molecule has 0 aromatic rings. The second-order valence-corrected chi connectivity index (χ2v) is 16.6. The molecule has 2 N–H and O–H groups in total. The zero-order valence-electron chi connectivity index (χ0n) is 26.4. The highest BCUT2D eigenvalue weighted by Gasteiger charge is 2.80. The zero-order chi connectivity index (χ0) is 29.0. The minimum absolute atomic E-state index is 0.107. The van der Waals surface area contributed by atoms with Crippen LogP contribution in [0, 0.1) is 45.3 Å². The molecule has 7 aliphatic rings. The molecule has 5 saturated carbocycles. The van der Waals surface area contributed by atoms with E-state index in [-0.39, 0.29) is 36.0 Å². The van der Waals surface area contributed by atoms with Crippen molar-refractivity contribution in [3.63, 3.8) is 0 Å². The Morgan fingerprint density at radius 1 is 1.00 bits per heavy atom. The van der Waals surface area contributed by atoms with Crippen LogP contribution < -0.4 is 5.32 Å². The third-order valence-electron chi connectivity index (χ3n) is 14.1. The van der Waals surface area contributed by atoms with E-state index in [1.807, 2.05) is 0 Å². The van der Waals surface area contributed by atoms with Crippen LogP contribution in [0.25, 0.3) is 0 Å². The van der Waals surface area contributed by atoms with Gasteiger partial charge in [-0.2, -0.15) is 0 Å². The molecule has 8 unspecified atom stereocenters. The number of carbonyl (C=O) groups excluding carboxylic acids is 1. The number of hydrogen-bond donors (Lipinski definition) is 2. The van der Waals surface area contributed by atoms with E-state index >= 15 is 0 Å². The monoisotopic (exact) mass is 573 g/mol. The Morgan fingerprint density at radius 3 is 2.49 bits per heavy atom. The van der Waals surface area contributed by atoms with Gasteiger partial charge in [-0.15, -0.1) is 0 Å². The summed E-state index contributed by atoms with van der Waals surface area (Å²) in [7, 11) is 0. The SMILES string of the molecule is CC(=O)O[C@@H](C1CC[C@H]2C(CC3C4CCC5C(C)(C)[C@@H](OC6CNCCO6)CCC56C[C@@]46CCC32C)O1)C(C)(C)O. The van der Waals surface area contributed by atoms with Crippen molar-refractivity contribution in [3.05, 3.63) is 0 Å². The second kappa shape index (κ2) is 9.63. The predicted octanol–water partition coefficient (Wildman–Crippen LogP) is 5.23. The number of aliphatic hydroxyl groups is 1. The molecule has 2 heterocycles. The van der Waals surface area contributed by atoms with Crippen molar-refractivity contribution < 1.29 is 28.8 Å². The van der Waals surface area contributed by atoms with Gasteiger partial charge in [0.05, 0.1) is 30.5 Å². The molecule has 7 rings (SSSR count). The Morgan fingerprint density at radius 2 is 1.78 bits per heavy atom. The summed E-state index contributed by atoms with van der Waals surface area (Å²) >= 11 is 0. The molecule has 232 valence electrons. The third kappa shape index (κ3) is 4.25. The minimum Gasteiger partial charge on any atom is -0.457 e. The average molecular weight is 574 g/mol. The summed E-state index contributed by atoms with van der Waals surface area (Å²) < 4.78 is 25.1. The molecule has 0 amide bonds. The molecule has 7 fully saturated rings. The molecule has 0 aromatic carbocycles. The molecule has 2 spiro atoms. The van der Waals surface area contributed by atoms with Crippen molar-refractivity contribution in [2.75, 3.05) is 19.7 Å². The van der Waals surface area contributed by atoms with Crippen LogP contribution >= 0.6 is 0 Å². The fraction of sp³-hybridized carbons (Fsp3) is 0.971. The normalized spacial score (nSPS) is 50.8. The van der Waals surface area contributed by atoms with Gasteiger partial charge in [-0.3, -0.25) is 4.79 Å². The van der Waals surface area contributed by atoms with Crippen molar-refractivity contribution in [1.29, 1.82) is 0 Å². The largest absolute Gasteiger partial charge is 0.457 e. The number of esters is 1. The molecule has 5 aliphatic carbocycles. The van der Waals surface area contributed by atoms with Gasteiger partial charge in [0, 0.05) is 20.0 Å². The number of hydrogen-bond acceptors (Lipinski definition) is 7. The Bertz CT molecular complexity index is 1030. The van der Waals surface area contributed by atoms with Crippen LogP contribution in [0.5, 0.6) is 0 Å². The smallest absolute Gasteiger partial charge is 0.303 e. The van der Waals surface area contributed by atoms with Crippen LogP contribution in [0.4, 0.5) is 0 Å². The summed E-state index contributed by atoms with van der Waals surface area (Å²) in [6.07, 6.45) is 11.8. The van der Waals surface area contributed by atoms with Crippen molar-refractivity contribution >= 4 is 5.97 Å². The van der Waals surface area contributed by atoms with E-state index in [2.05, 4.69) is 26.1 Å². The highest BCUT2D eigenvalue weighted by Crippen LogP contribution is 2.87. The maximum atomic E-state index is 11.9. The molecular weight excluding hydrogens is 518 g/mol. The van der Waals surface area contributed by atoms with Gasteiger partial charge in [-0.1, -0.05) is 20.8 Å². The lowest BCUT2D eigenvalue weighted by atomic mass is 9.46. The summed E-state index contributed by atoms with van der Waals surface area (Å²) in [6.45, 7) is 15.0. The van der Waals surface area contributed by atoms with Crippen LogP contribution in [0.1, 0.15) is 106 Å². The maximum absolute atomic E-state index is 11.9. The van der Waals surface area contributed by atoms with Crippen molar-refractivity contribution in [1.82, 2.24) is 5.32 Å². The lowest BCUT2D eigenvalue weighted by Crippen LogP contribution is -2.56. The first kappa shape index (κ1) is 29.0. The van der Waals surface area contributed by atoms with Gasteiger partial charge < -0.3 is 29.4 Å². The molecule has 2 saturated heterocycles. The first-order valence-corrected chi connectivity index (χ1v) is 16.8. The maximum Gasteiger partial charge on any atom is 0.303 e. The molecule has 0 radical (unpaired) electrons. The first-order valence-electron chi connectivity index (χ1n) is 16.8. The van der Waals surface area contributed by atoms with Crippen molar-refractivity contribution in [2.24, 2.45) is 45.3 Å². The molecule has 2 aliphatic heterocycles. The van der Waals surface area contributed by atoms with E-state index in [0.29, 0.717) is 28.1 Å². The van der Waals surface area contributed by atoms with Crippen LogP contribution in [0.15, 0.2) is 0 Å². The van der Waals surface area contributed by atoms with Crippen molar-refractivity contribution in [2.45, 2.75) is 142 Å². The van der Waals surface area contributed by atoms with Gasteiger partial charge >= 0.3 is 5.97 Å². The topological polar surface area (TPSA) is 86.3 Å². The lowest BCUT2D eigenvalue weighted by Gasteiger charge is -2.60. The molecular formula is C34H55NO6.